The van der Waals surface area contributed by atoms with Crippen LogP contribution in [-0.2, 0) is 11.4 Å². The summed E-state index contributed by atoms with van der Waals surface area (Å²) in [7, 11) is 0. The largest absolute Gasteiger partial charge is 0.488 e. The maximum Gasteiger partial charge on any atom is 0.266 e. The van der Waals surface area contributed by atoms with Crippen LogP contribution in [0.1, 0.15) is 38.8 Å². The number of carbonyl (C=O) groups is 1. The Morgan fingerprint density at radius 2 is 1.80 bits per heavy atom. The Balaban J connectivity index is 1.76. The molecular weight excluding hydrogens is 622 g/mol. The first-order chi connectivity index (χ1) is 14.2. The predicted molar refractivity (Wildman–Crippen MR) is 143 cm³/mol. The van der Waals surface area contributed by atoms with Gasteiger partial charge in [0.15, 0.2) is 5.17 Å². The Kier molecular flexibility index (Phi) is 8.25. The van der Waals surface area contributed by atoms with Crippen LogP contribution in [0.15, 0.2) is 52.4 Å². The molecule has 2 aromatic carbocycles. The first-order valence-electron chi connectivity index (χ1n) is 9.72. The van der Waals surface area contributed by atoms with Gasteiger partial charge in [-0.3, -0.25) is 14.7 Å². The van der Waals surface area contributed by atoms with Crippen LogP contribution in [0.4, 0.5) is 0 Å². The minimum Gasteiger partial charge on any atom is -0.488 e. The van der Waals surface area contributed by atoms with Gasteiger partial charge in [0.2, 0.25) is 0 Å². The number of hydrogen-bond donors (Lipinski definition) is 0. The number of ether oxygens (including phenoxy) is 1. The quantitative estimate of drug-likeness (QED) is 0.264. The van der Waals surface area contributed by atoms with Crippen LogP contribution in [0.5, 0.6) is 5.75 Å². The van der Waals surface area contributed by atoms with Crippen molar-refractivity contribution in [2.45, 2.75) is 46.4 Å². The second-order valence-electron chi connectivity index (χ2n) is 7.49. The monoisotopic (exact) mass is 646 g/mol. The van der Waals surface area contributed by atoms with E-state index in [1.54, 1.807) is 4.90 Å². The van der Waals surface area contributed by atoms with Gasteiger partial charge in [-0.2, -0.15) is 0 Å². The van der Waals surface area contributed by atoms with Crippen molar-refractivity contribution in [1.29, 1.82) is 0 Å². The highest BCUT2D eigenvalue weighted by Gasteiger charge is 2.35. The molecule has 3 rings (SSSR count). The van der Waals surface area contributed by atoms with E-state index in [9.17, 15) is 4.79 Å². The summed E-state index contributed by atoms with van der Waals surface area (Å²) in [5.41, 5.74) is 2.11. The first kappa shape index (κ1) is 23.6. The average molecular weight is 646 g/mol. The molecule has 1 saturated heterocycles. The predicted octanol–water partition coefficient (Wildman–Crippen LogP) is 6.56. The molecule has 1 aliphatic heterocycles. The van der Waals surface area contributed by atoms with Crippen molar-refractivity contribution in [1.82, 2.24) is 4.90 Å². The molecule has 1 heterocycles. The molecular formula is C23H24I2N2O2S. The van der Waals surface area contributed by atoms with Gasteiger partial charge in [0.25, 0.3) is 5.91 Å². The Hall–Kier alpha value is -1.07. The number of amides is 1. The fourth-order valence-electron chi connectivity index (χ4n) is 2.87. The zero-order valence-electron chi connectivity index (χ0n) is 17.4. The molecule has 4 nitrogen and oxygen atoms in total. The number of carbonyl (C=O) groups excluding carboxylic acids is 1. The maximum atomic E-state index is 12.9. The van der Waals surface area contributed by atoms with Crippen molar-refractivity contribution < 1.29 is 9.53 Å². The van der Waals surface area contributed by atoms with Gasteiger partial charge < -0.3 is 4.74 Å². The van der Waals surface area contributed by atoms with Gasteiger partial charge in [0, 0.05) is 15.7 Å². The summed E-state index contributed by atoms with van der Waals surface area (Å²) in [6.07, 6.45) is 1.94. The summed E-state index contributed by atoms with van der Waals surface area (Å²) in [4.78, 5) is 20.0. The highest BCUT2D eigenvalue weighted by atomic mass is 127. The normalized spacial score (nSPS) is 17.1. The van der Waals surface area contributed by atoms with Gasteiger partial charge >= 0.3 is 0 Å². The van der Waals surface area contributed by atoms with Gasteiger partial charge in [-0.05, 0) is 126 Å². The van der Waals surface area contributed by atoms with Crippen LogP contribution in [0, 0.1) is 7.14 Å². The Morgan fingerprint density at radius 3 is 2.40 bits per heavy atom. The summed E-state index contributed by atoms with van der Waals surface area (Å²) < 4.78 is 8.21. The molecule has 0 N–H and O–H groups in total. The average Bonchev–Trinajstić information content (AvgIpc) is 2.96. The molecule has 1 fully saturated rings. The van der Waals surface area contributed by atoms with Gasteiger partial charge in [0.1, 0.15) is 12.4 Å². The second-order valence-corrected chi connectivity index (χ2v) is 10.9. The fourth-order valence-corrected chi connectivity index (χ4v) is 5.16. The molecule has 7 heteroatoms. The number of thioether (sulfide) groups is 1. The van der Waals surface area contributed by atoms with Crippen molar-refractivity contribution in [3.05, 3.63) is 65.6 Å². The number of nitrogens with zero attached hydrogens (tertiary/aromatic N) is 2. The molecule has 0 spiro atoms. The van der Waals surface area contributed by atoms with Crippen molar-refractivity contribution in [3.8, 4) is 5.75 Å². The Labute approximate surface area is 209 Å². The van der Waals surface area contributed by atoms with Crippen molar-refractivity contribution in [2.75, 3.05) is 0 Å². The van der Waals surface area contributed by atoms with Gasteiger partial charge in [0.05, 0.1) is 8.48 Å². The van der Waals surface area contributed by atoms with E-state index in [1.165, 1.54) is 15.3 Å². The zero-order valence-corrected chi connectivity index (χ0v) is 22.5. The van der Waals surface area contributed by atoms with Crippen LogP contribution in [-0.4, -0.2) is 28.1 Å². The van der Waals surface area contributed by atoms with E-state index in [-0.39, 0.29) is 18.0 Å². The van der Waals surface area contributed by atoms with E-state index >= 15 is 0 Å². The lowest BCUT2D eigenvalue weighted by Gasteiger charge is -2.20. The molecule has 0 unspecified atom stereocenters. The summed E-state index contributed by atoms with van der Waals surface area (Å²) in [6.45, 7) is 8.60. The highest BCUT2D eigenvalue weighted by molar-refractivity contribution is 14.1. The lowest BCUT2D eigenvalue weighted by Crippen LogP contribution is -2.35. The molecule has 2 aromatic rings. The topological polar surface area (TPSA) is 41.9 Å². The standard InChI is InChI=1S/C23H24I2N2O2S/c1-14(2)26-23-27(15(3)4)22(28)21(30-23)12-17-7-10-20(19(25)11-17)29-13-16-5-8-18(24)9-6-16/h5-12,14-15H,13H2,1-4H3/b21-12+,26-23?. The summed E-state index contributed by atoms with van der Waals surface area (Å²) >= 11 is 6.02. The van der Waals surface area contributed by atoms with Gasteiger partial charge in [-0.1, -0.05) is 18.2 Å². The summed E-state index contributed by atoms with van der Waals surface area (Å²) in [5, 5.41) is 0.781. The van der Waals surface area contributed by atoms with Crippen molar-refractivity contribution in [3.63, 3.8) is 0 Å². The van der Waals surface area contributed by atoms with Crippen LogP contribution in [0.25, 0.3) is 6.08 Å². The zero-order chi connectivity index (χ0) is 21.8. The number of benzene rings is 2. The third-order valence-corrected chi connectivity index (χ3v) is 6.84. The third-order valence-electron chi connectivity index (χ3n) is 4.28. The third kappa shape index (κ3) is 6.00. The summed E-state index contributed by atoms with van der Waals surface area (Å²) in [5.74, 6) is 0.857. The molecule has 0 bridgehead atoms. The van der Waals surface area contributed by atoms with E-state index in [2.05, 4.69) is 74.4 Å². The summed E-state index contributed by atoms with van der Waals surface area (Å²) in [6, 6.07) is 14.5. The molecule has 0 aromatic heterocycles. The van der Waals surface area contributed by atoms with Crippen molar-refractivity contribution in [2.24, 2.45) is 4.99 Å². The second kappa shape index (κ2) is 10.5. The molecule has 30 heavy (non-hydrogen) atoms. The van der Waals surface area contributed by atoms with E-state index in [0.717, 1.165) is 25.6 Å². The molecule has 1 amide bonds. The van der Waals surface area contributed by atoms with Crippen LogP contribution < -0.4 is 4.74 Å². The van der Waals surface area contributed by atoms with E-state index < -0.39 is 0 Å². The number of hydrogen-bond acceptors (Lipinski definition) is 4. The number of rotatable bonds is 6. The lowest BCUT2D eigenvalue weighted by molar-refractivity contribution is -0.123. The van der Waals surface area contributed by atoms with Crippen LogP contribution >= 0.6 is 56.9 Å². The Bertz CT molecular complexity index is 985. The van der Waals surface area contributed by atoms with E-state index in [0.29, 0.717) is 11.5 Å². The maximum absolute atomic E-state index is 12.9. The first-order valence-corrected chi connectivity index (χ1v) is 12.7. The van der Waals surface area contributed by atoms with Crippen molar-refractivity contribution >= 4 is 74.1 Å². The van der Waals surface area contributed by atoms with E-state index in [4.69, 9.17) is 4.74 Å². The Morgan fingerprint density at radius 1 is 1.10 bits per heavy atom. The highest BCUT2D eigenvalue weighted by Crippen LogP contribution is 2.35. The smallest absolute Gasteiger partial charge is 0.266 e. The fraction of sp³-hybridized carbons (Fsp3) is 0.304. The molecule has 0 atom stereocenters. The molecule has 1 aliphatic rings. The number of amidine groups is 1. The van der Waals surface area contributed by atoms with Crippen LogP contribution in [0.3, 0.4) is 0 Å². The number of halogens is 2. The lowest BCUT2D eigenvalue weighted by atomic mass is 10.2. The number of aliphatic imine (C=N–C) groups is 1. The minimum atomic E-state index is 0.0171. The molecule has 0 saturated carbocycles. The molecule has 0 radical (unpaired) electrons. The molecule has 158 valence electrons. The van der Waals surface area contributed by atoms with Crippen LogP contribution in [0.2, 0.25) is 0 Å². The van der Waals surface area contributed by atoms with E-state index in [1.807, 2.05) is 52.0 Å². The SMILES string of the molecule is CC(C)N=C1S/C(=C/c2ccc(OCc3ccc(I)cc3)c(I)c2)C(=O)N1C(C)C. The van der Waals surface area contributed by atoms with Gasteiger partial charge in [-0.25, -0.2) is 0 Å². The van der Waals surface area contributed by atoms with Gasteiger partial charge in [-0.15, -0.1) is 0 Å². The minimum absolute atomic E-state index is 0.0171. The molecule has 0 aliphatic carbocycles.